The molecule has 0 spiro atoms. The number of piperidine rings is 1. The average Bonchev–Trinajstić information content (AvgIpc) is 3.08. The number of carbonyl (C=O) groups excluding carboxylic acids is 2. The Hall–Kier alpha value is -3.39. The van der Waals surface area contributed by atoms with Gasteiger partial charge in [0.1, 0.15) is 11.5 Å². The molecule has 1 N–H and O–H groups in total. The molecule has 0 aromatic heterocycles. The summed E-state index contributed by atoms with van der Waals surface area (Å²) in [5.41, 5.74) is 0.772. The first-order valence-electron chi connectivity index (χ1n) is 10.5. The molecule has 1 fully saturated rings. The fourth-order valence-corrected chi connectivity index (χ4v) is 4.33. The molecule has 32 heavy (non-hydrogen) atoms. The number of amides is 2. The van der Waals surface area contributed by atoms with Gasteiger partial charge in [-0.25, -0.2) is 9.29 Å². The molecule has 4 rings (SSSR count). The molecule has 0 saturated carbocycles. The SMILES string of the molecule is COc1ccc(C2=C(N3CCCC(CO)C3)C(=O)N(c3ccccc3F)C2=O)cc1OC. The number of imide groups is 1. The van der Waals surface area contributed by atoms with Gasteiger partial charge in [0.15, 0.2) is 11.5 Å². The van der Waals surface area contributed by atoms with Gasteiger partial charge in [0.25, 0.3) is 11.8 Å². The molecule has 0 aliphatic carbocycles. The van der Waals surface area contributed by atoms with E-state index >= 15 is 0 Å². The van der Waals surface area contributed by atoms with E-state index in [9.17, 15) is 19.1 Å². The number of methoxy groups -OCH3 is 2. The van der Waals surface area contributed by atoms with Gasteiger partial charge in [-0.2, -0.15) is 0 Å². The fraction of sp³-hybridized carbons (Fsp3) is 0.333. The number of likely N-dealkylation sites (tertiary alicyclic amines) is 1. The predicted molar refractivity (Wildman–Crippen MR) is 117 cm³/mol. The topological polar surface area (TPSA) is 79.3 Å². The number of para-hydroxylation sites is 1. The van der Waals surface area contributed by atoms with E-state index in [0.29, 0.717) is 30.2 Å². The van der Waals surface area contributed by atoms with E-state index in [4.69, 9.17) is 9.47 Å². The lowest BCUT2D eigenvalue weighted by Crippen LogP contribution is -2.40. The Morgan fingerprint density at radius 2 is 1.81 bits per heavy atom. The summed E-state index contributed by atoms with van der Waals surface area (Å²) in [7, 11) is 3.00. The standard InChI is InChI=1S/C24H25FN2O5/c1-31-19-10-9-16(12-20(19)32-2)21-22(26-11-5-6-15(13-26)14-28)24(30)27(23(21)29)18-8-4-3-7-17(18)25/h3-4,7-10,12,15,28H,5-6,11,13-14H2,1-2H3. The third-order valence-electron chi connectivity index (χ3n) is 5.92. The monoisotopic (exact) mass is 440 g/mol. The number of hydrogen-bond acceptors (Lipinski definition) is 6. The van der Waals surface area contributed by atoms with Gasteiger partial charge in [0.2, 0.25) is 0 Å². The summed E-state index contributed by atoms with van der Waals surface area (Å²) >= 11 is 0. The molecule has 168 valence electrons. The molecule has 1 saturated heterocycles. The van der Waals surface area contributed by atoms with Crippen LogP contribution in [0.4, 0.5) is 10.1 Å². The van der Waals surface area contributed by atoms with Gasteiger partial charge >= 0.3 is 0 Å². The molecular formula is C24H25FN2O5. The molecule has 1 unspecified atom stereocenters. The number of anilines is 1. The molecule has 2 amide bonds. The lowest BCUT2D eigenvalue weighted by Gasteiger charge is -2.34. The minimum Gasteiger partial charge on any atom is -0.493 e. The second-order valence-corrected chi connectivity index (χ2v) is 7.83. The van der Waals surface area contributed by atoms with Crippen molar-refractivity contribution in [3.05, 3.63) is 59.5 Å². The van der Waals surface area contributed by atoms with Crippen molar-refractivity contribution in [2.45, 2.75) is 12.8 Å². The zero-order chi connectivity index (χ0) is 22.8. The molecule has 0 radical (unpaired) electrons. The molecule has 2 aliphatic rings. The zero-order valence-electron chi connectivity index (χ0n) is 18.0. The Kier molecular flexibility index (Phi) is 6.14. The quantitative estimate of drug-likeness (QED) is 0.696. The highest BCUT2D eigenvalue weighted by atomic mass is 19.1. The first kappa shape index (κ1) is 21.8. The van der Waals surface area contributed by atoms with Gasteiger partial charge in [0.05, 0.1) is 25.5 Å². The van der Waals surface area contributed by atoms with Crippen LogP contribution in [0.3, 0.4) is 0 Å². The van der Waals surface area contributed by atoms with E-state index in [1.54, 1.807) is 24.3 Å². The second-order valence-electron chi connectivity index (χ2n) is 7.83. The summed E-state index contributed by atoms with van der Waals surface area (Å²) in [6.07, 6.45) is 1.61. The molecule has 7 nitrogen and oxygen atoms in total. The first-order valence-corrected chi connectivity index (χ1v) is 10.5. The van der Waals surface area contributed by atoms with Crippen molar-refractivity contribution in [1.29, 1.82) is 0 Å². The lowest BCUT2D eigenvalue weighted by atomic mass is 9.96. The number of aliphatic hydroxyl groups excluding tert-OH is 1. The van der Waals surface area contributed by atoms with E-state index in [2.05, 4.69) is 0 Å². The minimum absolute atomic E-state index is 0.00532. The summed E-state index contributed by atoms with van der Waals surface area (Å²) in [6, 6.07) is 10.7. The van der Waals surface area contributed by atoms with Crippen molar-refractivity contribution in [2.75, 3.05) is 38.8 Å². The van der Waals surface area contributed by atoms with Crippen molar-refractivity contribution in [1.82, 2.24) is 4.90 Å². The number of nitrogens with zero attached hydrogens (tertiary/aromatic N) is 2. The van der Waals surface area contributed by atoms with E-state index in [1.165, 1.54) is 32.4 Å². The van der Waals surface area contributed by atoms with Crippen LogP contribution >= 0.6 is 0 Å². The largest absolute Gasteiger partial charge is 0.493 e. The lowest BCUT2D eigenvalue weighted by molar-refractivity contribution is -0.121. The van der Waals surface area contributed by atoms with Gasteiger partial charge in [-0.3, -0.25) is 9.59 Å². The van der Waals surface area contributed by atoms with Gasteiger partial charge in [0, 0.05) is 19.7 Å². The van der Waals surface area contributed by atoms with Gasteiger partial charge in [-0.15, -0.1) is 0 Å². The van der Waals surface area contributed by atoms with Crippen LogP contribution in [0.25, 0.3) is 5.57 Å². The fourth-order valence-electron chi connectivity index (χ4n) is 4.33. The molecule has 2 aromatic rings. The van der Waals surface area contributed by atoms with Crippen LogP contribution in [0.2, 0.25) is 0 Å². The molecule has 8 heteroatoms. The molecule has 2 aliphatic heterocycles. The van der Waals surface area contributed by atoms with Crippen LogP contribution < -0.4 is 14.4 Å². The van der Waals surface area contributed by atoms with Crippen LogP contribution in [-0.4, -0.2) is 55.7 Å². The Morgan fingerprint density at radius 3 is 2.50 bits per heavy atom. The number of aliphatic hydroxyl groups is 1. The third-order valence-corrected chi connectivity index (χ3v) is 5.92. The van der Waals surface area contributed by atoms with Crippen molar-refractivity contribution in [3.63, 3.8) is 0 Å². The third kappa shape index (κ3) is 3.71. The highest BCUT2D eigenvalue weighted by Gasteiger charge is 2.44. The number of halogens is 1. The van der Waals surface area contributed by atoms with Crippen LogP contribution in [0.15, 0.2) is 48.2 Å². The Morgan fingerprint density at radius 1 is 1.06 bits per heavy atom. The number of carbonyl (C=O) groups is 2. The molecule has 1 atom stereocenters. The number of ether oxygens (including phenoxy) is 2. The highest BCUT2D eigenvalue weighted by Crippen LogP contribution is 2.39. The highest BCUT2D eigenvalue weighted by molar-refractivity contribution is 6.45. The van der Waals surface area contributed by atoms with Gasteiger partial charge in [-0.1, -0.05) is 18.2 Å². The van der Waals surface area contributed by atoms with Crippen molar-refractivity contribution in [3.8, 4) is 11.5 Å². The van der Waals surface area contributed by atoms with Crippen LogP contribution in [0.1, 0.15) is 18.4 Å². The normalized spacial score (nSPS) is 19.1. The summed E-state index contributed by atoms with van der Waals surface area (Å²) in [4.78, 5) is 29.8. The summed E-state index contributed by atoms with van der Waals surface area (Å²) < 4.78 is 25.2. The van der Waals surface area contributed by atoms with Gasteiger partial charge in [-0.05, 0) is 48.6 Å². The first-order chi connectivity index (χ1) is 15.5. The molecule has 2 aromatic carbocycles. The predicted octanol–water partition coefficient (Wildman–Crippen LogP) is 2.83. The van der Waals surface area contributed by atoms with Crippen LogP contribution in [0.5, 0.6) is 11.5 Å². The van der Waals surface area contributed by atoms with Crippen molar-refractivity contribution in [2.24, 2.45) is 5.92 Å². The smallest absolute Gasteiger partial charge is 0.282 e. The summed E-state index contributed by atoms with van der Waals surface area (Å²) in [6.45, 7) is 0.994. The Bertz CT molecular complexity index is 1080. The van der Waals surface area contributed by atoms with Gasteiger partial charge < -0.3 is 19.5 Å². The maximum absolute atomic E-state index is 14.6. The van der Waals surface area contributed by atoms with Crippen LogP contribution in [-0.2, 0) is 9.59 Å². The van der Waals surface area contributed by atoms with E-state index in [1.807, 2.05) is 4.90 Å². The molecule has 0 bridgehead atoms. The summed E-state index contributed by atoms with van der Waals surface area (Å²) in [5.74, 6) is -0.952. The zero-order valence-corrected chi connectivity index (χ0v) is 18.0. The second kappa shape index (κ2) is 9.00. The van der Waals surface area contributed by atoms with E-state index in [-0.39, 0.29) is 29.5 Å². The van der Waals surface area contributed by atoms with E-state index < -0.39 is 17.6 Å². The van der Waals surface area contributed by atoms with Crippen molar-refractivity contribution >= 4 is 23.1 Å². The van der Waals surface area contributed by atoms with Crippen molar-refractivity contribution < 1.29 is 28.6 Å². The molecular weight excluding hydrogens is 415 g/mol. The van der Waals surface area contributed by atoms with E-state index in [0.717, 1.165) is 17.7 Å². The number of benzene rings is 2. The summed E-state index contributed by atoms with van der Waals surface area (Å²) in [5, 5.41) is 9.66. The average molecular weight is 440 g/mol. The maximum atomic E-state index is 14.6. The Balaban J connectivity index is 1.86. The Labute approximate surface area is 185 Å². The maximum Gasteiger partial charge on any atom is 0.282 e. The minimum atomic E-state index is -0.658. The van der Waals surface area contributed by atoms with Crippen LogP contribution in [0, 0.1) is 11.7 Å². The number of hydrogen-bond donors (Lipinski definition) is 1. The number of rotatable bonds is 6. The molecule has 2 heterocycles.